The molecule has 5 heteroatoms. The highest BCUT2D eigenvalue weighted by Crippen LogP contribution is 2.21. The quantitative estimate of drug-likeness (QED) is 0.542. The lowest BCUT2D eigenvalue weighted by Crippen LogP contribution is -3.11. The van der Waals surface area contributed by atoms with E-state index in [1.807, 2.05) is 98.9 Å². The SMILES string of the molecule is Cc1ccc(NC(=O)C[NH+](C)CC(=O)NC(c2ccccc2)c2ccccc2)cc1. The van der Waals surface area contributed by atoms with E-state index in [0.717, 1.165) is 27.3 Å². The Kier molecular flexibility index (Phi) is 7.35. The van der Waals surface area contributed by atoms with Gasteiger partial charge < -0.3 is 15.5 Å². The van der Waals surface area contributed by atoms with E-state index >= 15 is 0 Å². The van der Waals surface area contributed by atoms with Crippen LogP contribution < -0.4 is 15.5 Å². The van der Waals surface area contributed by atoms with E-state index in [2.05, 4.69) is 10.6 Å². The number of amides is 2. The van der Waals surface area contributed by atoms with Crippen LogP contribution in [0.1, 0.15) is 22.7 Å². The standard InChI is InChI=1S/C25H27N3O2/c1-19-13-15-22(16-14-19)26-23(29)17-28(2)18-24(30)27-25(20-9-5-3-6-10-20)21-11-7-4-8-12-21/h3-16,25H,17-18H2,1-2H3,(H,26,29)(H,27,30)/p+1. The Morgan fingerprint density at radius 3 is 1.80 bits per heavy atom. The van der Waals surface area contributed by atoms with Crippen molar-refractivity contribution in [2.45, 2.75) is 13.0 Å². The summed E-state index contributed by atoms with van der Waals surface area (Å²) in [6, 6.07) is 27.2. The molecule has 0 aliphatic rings. The number of hydrogen-bond donors (Lipinski definition) is 3. The first kappa shape index (κ1) is 21.3. The highest BCUT2D eigenvalue weighted by atomic mass is 16.2. The first-order chi connectivity index (χ1) is 14.5. The Labute approximate surface area is 177 Å². The number of nitrogens with one attached hydrogen (secondary N) is 3. The van der Waals surface area contributed by atoms with Gasteiger partial charge in [-0.05, 0) is 30.2 Å². The van der Waals surface area contributed by atoms with Gasteiger partial charge in [0.2, 0.25) is 0 Å². The minimum absolute atomic E-state index is 0.103. The molecular weight excluding hydrogens is 374 g/mol. The molecule has 3 rings (SSSR count). The number of rotatable bonds is 8. The molecule has 2 amide bonds. The topological polar surface area (TPSA) is 62.6 Å². The Morgan fingerprint density at radius 1 is 0.767 bits per heavy atom. The van der Waals surface area contributed by atoms with Crippen molar-refractivity contribution in [1.82, 2.24) is 5.32 Å². The minimum Gasteiger partial charge on any atom is -0.340 e. The summed E-state index contributed by atoms with van der Waals surface area (Å²) in [6.45, 7) is 2.42. The molecular formula is C25H28N3O2+. The maximum atomic E-state index is 12.7. The van der Waals surface area contributed by atoms with Gasteiger partial charge in [-0.2, -0.15) is 0 Å². The van der Waals surface area contributed by atoms with Crippen molar-refractivity contribution in [2.24, 2.45) is 0 Å². The lowest BCUT2D eigenvalue weighted by atomic mass is 9.99. The molecule has 0 saturated carbocycles. The van der Waals surface area contributed by atoms with Gasteiger partial charge in [0, 0.05) is 5.69 Å². The summed E-state index contributed by atoms with van der Waals surface area (Å²) in [6.07, 6.45) is 0. The molecule has 0 bridgehead atoms. The van der Waals surface area contributed by atoms with Crippen molar-refractivity contribution < 1.29 is 14.5 Å². The Morgan fingerprint density at radius 2 is 1.27 bits per heavy atom. The second kappa shape index (κ2) is 10.4. The van der Waals surface area contributed by atoms with E-state index in [0.29, 0.717) is 0 Å². The molecule has 3 aromatic carbocycles. The third-order valence-electron chi connectivity index (χ3n) is 4.83. The highest BCUT2D eigenvalue weighted by molar-refractivity contribution is 5.91. The van der Waals surface area contributed by atoms with E-state index in [9.17, 15) is 9.59 Å². The van der Waals surface area contributed by atoms with E-state index in [1.54, 1.807) is 0 Å². The van der Waals surface area contributed by atoms with Crippen molar-refractivity contribution in [3.8, 4) is 0 Å². The van der Waals surface area contributed by atoms with E-state index in [1.165, 1.54) is 0 Å². The number of anilines is 1. The van der Waals surface area contributed by atoms with Crippen LogP contribution in [-0.2, 0) is 9.59 Å². The smallest absolute Gasteiger partial charge is 0.279 e. The molecule has 154 valence electrons. The fourth-order valence-electron chi connectivity index (χ4n) is 3.31. The van der Waals surface area contributed by atoms with E-state index < -0.39 is 0 Å². The number of carbonyl (C=O) groups excluding carboxylic acids is 2. The van der Waals surface area contributed by atoms with Crippen LogP contribution in [0.25, 0.3) is 0 Å². The highest BCUT2D eigenvalue weighted by Gasteiger charge is 2.20. The summed E-state index contributed by atoms with van der Waals surface area (Å²) in [7, 11) is 1.84. The van der Waals surface area contributed by atoms with Crippen molar-refractivity contribution in [1.29, 1.82) is 0 Å². The van der Waals surface area contributed by atoms with Crippen LogP contribution in [0.5, 0.6) is 0 Å². The maximum Gasteiger partial charge on any atom is 0.279 e. The third-order valence-corrected chi connectivity index (χ3v) is 4.83. The molecule has 3 aromatic rings. The van der Waals surface area contributed by atoms with Crippen LogP contribution in [0, 0.1) is 6.92 Å². The Hall–Kier alpha value is -3.44. The molecule has 30 heavy (non-hydrogen) atoms. The molecule has 0 heterocycles. The van der Waals surface area contributed by atoms with Gasteiger partial charge in [0.05, 0.1) is 13.1 Å². The molecule has 0 fully saturated rings. The van der Waals surface area contributed by atoms with Crippen LogP contribution in [0.4, 0.5) is 5.69 Å². The van der Waals surface area contributed by atoms with Crippen LogP contribution >= 0.6 is 0 Å². The summed E-state index contributed by atoms with van der Waals surface area (Å²) in [5.74, 6) is -0.222. The van der Waals surface area contributed by atoms with Gasteiger partial charge in [-0.3, -0.25) is 9.59 Å². The van der Waals surface area contributed by atoms with Crippen LogP contribution in [0.3, 0.4) is 0 Å². The molecule has 0 aromatic heterocycles. The molecule has 5 nitrogen and oxygen atoms in total. The van der Waals surface area contributed by atoms with Gasteiger partial charge in [-0.15, -0.1) is 0 Å². The number of benzene rings is 3. The molecule has 3 N–H and O–H groups in total. The normalized spacial score (nSPS) is 11.7. The van der Waals surface area contributed by atoms with Crippen LogP contribution in [0.15, 0.2) is 84.9 Å². The molecule has 0 radical (unpaired) electrons. The van der Waals surface area contributed by atoms with Crippen molar-refractivity contribution in [3.63, 3.8) is 0 Å². The van der Waals surface area contributed by atoms with Gasteiger partial charge in [0.1, 0.15) is 0 Å². The summed E-state index contributed by atoms with van der Waals surface area (Å²) < 4.78 is 0. The van der Waals surface area contributed by atoms with Crippen LogP contribution in [0.2, 0.25) is 0 Å². The first-order valence-corrected chi connectivity index (χ1v) is 10.1. The number of aryl methyl sites for hydroxylation is 1. The van der Waals surface area contributed by atoms with Gasteiger partial charge >= 0.3 is 0 Å². The zero-order valence-electron chi connectivity index (χ0n) is 17.4. The average Bonchev–Trinajstić information content (AvgIpc) is 2.74. The molecule has 0 aliphatic heterocycles. The lowest BCUT2D eigenvalue weighted by molar-refractivity contribution is -0.862. The number of hydrogen-bond acceptors (Lipinski definition) is 2. The number of carbonyl (C=O) groups is 2. The first-order valence-electron chi connectivity index (χ1n) is 10.1. The predicted octanol–water partition coefficient (Wildman–Crippen LogP) is 2.35. The zero-order chi connectivity index (χ0) is 21.3. The second-order valence-electron chi connectivity index (χ2n) is 7.55. The average molecular weight is 403 g/mol. The molecule has 0 spiro atoms. The Bertz CT molecular complexity index is 917. The largest absolute Gasteiger partial charge is 0.340 e. The third kappa shape index (κ3) is 6.29. The summed E-state index contributed by atoms with van der Waals surface area (Å²) >= 11 is 0. The summed E-state index contributed by atoms with van der Waals surface area (Å²) in [5.41, 5.74) is 3.94. The van der Waals surface area contributed by atoms with Gasteiger partial charge in [-0.1, -0.05) is 78.4 Å². The van der Waals surface area contributed by atoms with Crippen LogP contribution in [-0.4, -0.2) is 32.0 Å². The Balaban J connectivity index is 1.58. The zero-order valence-corrected chi connectivity index (χ0v) is 17.4. The second-order valence-corrected chi connectivity index (χ2v) is 7.55. The predicted molar refractivity (Wildman–Crippen MR) is 119 cm³/mol. The molecule has 0 aliphatic carbocycles. The monoisotopic (exact) mass is 402 g/mol. The van der Waals surface area contributed by atoms with Crippen molar-refractivity contribution in [3.05, 3.63) is 102 Å². The van der Waals surface area contributed by atoms with Gasteiger partial charge in [0.25, 0.3) is 11.8 Å². The van der Waals surface area contributed by atoms with Crippen molar-refractivity contribution in [2.75, 3.05) is 25.5 Å². The van der Waals surface area contributed by atoms with Crippen molar-refractivity contribution >= 4 is 17.5 Å². The molecule has 1 atom stereocenters. The van der Waals surface area contributed by atoms with E-state index in [-0.39, 0.29) is 30.9 Å². The molecule has 1 unspecified atom stereocenters. The minimum atomic E-state index is -0.228. The number of likely N-dealkylation sites (N-methyl/N-ethyl adjacent to an activating group) is 1. The van der Waals surface area contributed by atoms with Gasteiger partial charge in [-0.25, -0.2) is 0 Å². The number of quaternary nitrogens is 1. The fourth-order valence-corrected chi connectivity index (χ4v) is 3.31. The summed E-state index contributed by atoms with van der Waals surface area (Å²) in [4.78, 5) is 25.8. The fraction of sp³-hybridized carbons (Fsp3) is 0.200. The maximum absolute atomic E-state index is 12.7. The summed E-state index contributed by atoms with van der Waals surface area (Å²) in [5, 5.41) is 5.99. The van der Waals surface area contributed by atoms with E-state index in [4.69, 9.17) is 0 Å². The van der Waals surface area contributed by atoms with Gasteiger partial charge in [0.15, 0.2) is 13.1 Å². The lowest BCUT2D eigenvalue weighted by Gasteiger charge is -2.21. The molecule has 0 saturated heterocycles.